The number of hydrogen-bond acceptors (Lipinski definition) is 3. The van der Waals surface area contributed by atoms with Crippen molar-refractivity contribution >= 4 is 21.8 Å². The fourth-order valence-electron chi connectivity index (χ4n) is 3.74. The monoisotopic (exact) mass is 483 g/mol. The van der Waals surface area contributed by atoms with E-state index in [-0.39, 0.29) is 24.2 Å². The fraction of sp³-hybridized carbons (Fsp3) is 0.269. The number of hydrogen-bond donors (Lipinski definition) is 1. The Hall–Kier alpha value is -3.23. The third-order valence-corrected chi connectivity index (χ3v) is 7.45. The van der Waals surface area contributed by atoms with Crippen molar-refractivity contribution in [2.24, 2.45) is 0 Å². The molecule has 180 valence electrons. The second-order valence-electron chi connectivity index (χ2n) is 8.50. The second-order valence-corrected chi connectivity index (χ2v) is 10.6. The van der Waals surface area contributed by atoms with Crippen molar-refractivity contribution in [1.29, 1.82) is 0 Å². The van der Waals surface area contributed by atoms with Crippen LogP contribution in [0, 0.1) is 19.7 Å². The largest absolute Gasteiger partial charge is 0.346 e. The number of rotatable bonds is 8. The first-order valence-electron chi connectivity index (χ1n) is 10.9. The lowest BCUT2D eigenvalue weighted by Gasteiger charge is -2.27. The molecule has 3 aromatic rings. The van der Waals surface area contributed by atoms with E-state index >= 15 is 0 Å². The molecule has 0 unspecified atom stereocenters. The van der Waals surface area contributed by atoms with Gasteiger partial charge in [-0.25, -0.2) is 4.39 Å². The molecule has 1 amide bonds. The van der Waals surface area contributed by atoms with E-state index in [1.165, 1.54) is 32.3 Å². The van der Waals surface area contributed by atoms with Crippen LogP contribution in [0.5, 0.6) is 0 Å². The van der Waals surface area contributed by atoms with Crippen LogP contribution >= 0.6 is 0 Å². The van der Waals surface area contributed by atoms with Gasteiger partial charge in [0.1, 0.15) is 5.82 Å². The molecule has 0 fully saturated rings. The Kier molecular flexibility index (Phi) is 7.74. The van der Waals surface area contributed by atoms with Gasteiger partial charge >= 0.3 is 10.2 Å². The Balaban J connectivity index is 1.79. The molecule has 34 heavy (non-hydrogen) atoms. The number of para-hydroxylation sites is 1. The van der Waals surface area contributed by atoms with Crippen LogP contribution in [0.2, 0.25) is 0 Å². The zero-order chi connectivity index (χ0) is 25.0. The summed E-state index contributed by atoms with van der Waals surface area (Å²) in [4.78, 5) is 12.8. The van der Waals surface area contributed by atoms with Crippen molar-refractivity contribution in [3.05, 3.63) is 100 Å². The number of anilines is 1. The predicted molar refractivity (Wildman–Crippen MR) is 133 cm³/mol. The maximum absolute atomic E-state index is 14.4. The molecule has 0 saturated heterocycles. The number of benzene rings is 3. The molecule has 0 aromatic heterocycles. The molecule has 0 aliphatic carbocycles. The minimum Gasteiger partial charge on any atom is -0.346 e. The zero-order valence-corrected chi connectivity index (χ0v) is 20.9. The van der Waals surface area contributed by atoms with Crippen LogP contribution < -0.4 is 9.62 Å². The smallest absolute Gasteiger partial charge is 0.303 e. The first-order chi connectivity index (χ1) is 16.0. The van der Waals surface area contributed by atoms with Crippen LogP contribution in [0.15, 0.2) is 66.7 Å². The predicted octanol–water partition coefficient (Wildman–Crippen LogP) is 4.75. The van der Waals surface area contributed by atoms with E-state index < -0.39 is 16.0 Å². The fourth-order valence-corrected chi connectivity index (χ4v) is 4.84. The molecular formula is C26H30FN3O3S. The summed E-state index contributed by atoms with van der Waals surface area (Å²) in [6, 6.07) is 18.3. The second kappa shape index (κ2) is 10.4. The molecule has 0 bridgehead atoms. The normalized spacial score (nSPS) is 12.4. The maximum Gasteiger partial charge on any atom is 0.303 e. The molecule has 0 saturated carbocycles. The van der Waals surface area contributed by atoms with Gasteiger partial charge in [-0.3, -0.25) is 9.10 Å². The summed E-state index contributed by atoms with van der Waals surface area (Å²) in [5.74, 6) is -0.866. The number of carbonyl (C=O) groups excluding carboxylic acids is 1. The number of nitrogens with one attached hydrogen (secondary N) is 1. The lowest BCUT2D eigenvalue weighted by molar-refractivity contribution is 0.0940. The maximum atomic E-state index is 14.4. The van der Waals surface area contributed by atoms with Crippen LogP contribution in [0.25, 0.3) is 0 Å². The van der Waals surface area contributed by atoms with Gasteiger partial charge in [-0.1, -0.05) is 48.0 Å². The van der Waals surface area contributed by atoms with E-state index in [2.05, 4.69) is 11.4 Å². The van der Waals surface area contributed by atoms with Gasteiger partial charge in [-0.2, -0.15) is 12.7 Å². The van der Waals surface area contributed by atoms with Crippen molar-refractivity contribution in [2.75, 3.05) is 18.4 Å². The first kappa shape index (κ1) is 25.4. The average Bonchev–Trinajstić information content (AvgIpc) is 2.78. The Morgan fingerprint density at radius 1 is 1.00 bits per heavy atom. The average molecular weight is 484 g/mol. The Morgan fingerprint density at radius 3 is 2.24 bits per heavy atom. The standard InChI is InChI=1S/C26H30FN3O3S/c1-18-10-15-23(19(2)16-18)20(3)28-26(31)22-13-11-21(12-14-22)17-30(34(32,33)29(4)5)25-9-7-6-8-24(25)27/h6-16,20H,17H2,1-5H3,(H,28,31)/t20-/m1/s1. The van der Waals surface area contributed by atoms with Crippen molar-refractivity contribution in [3.63, 3.8) is 0 Å². The Bertz CT molecular complexity index is 1270. The minimum absolute atomic E-state index is 0.0414. The number of carbonyl (C=O) groups is 1. The van der Waals surface area contributed by atoms with Gasteiger partial charge in [-0.15, -0.1) is 0 Å². The van der Waals surface area contributed by atoms with Crippen LogP contribution in [0.3, 0.4) is 0 Å². The van der Waals surface area contributed by atoms with E-state index in [0.717, 1.165) is 25.3 Å². The first-order valence-corrected chi connectivity index (χ1v) is 12.3. The highest BCUT2D eigenvalue weighted by Gasteiger charge is 2.27. The van der Waals surface area contributed by atoms with Crippen molar-refractivity contribution in [1.82, 2.24) is 9.62 Å². The molecule has 1 N–H and O–H groups in total. The van der Waals surface area contributed by atoms with Gasteiger partial charge in [0, 0.05) is 19.7 Å². The molecular weight excluding hydrogens is 453 g/mol. The molecule has 1 atom stereocenters. The van der Waals surface area contributed by atoms with Gasteiger partial charge in [0.2, 0.25) is 0 Å². The third kappa shape index (κ3) is 5.63. The summed E-state index contributed by atoms with van der Waals surface area (Å²) in [6.45, 7) is 5.90. The minimum atomic E-state index is -3.95. The van der Waals surface area contributed by atoms with Crippen LogP contribution in [-0.4, -0.2) is 32.7 Å². The summed E-state index contributed by atoms with van der Waals surface area (Å²) >= 11 is 0. The number of aryl methyl sites for hydroxylation is 2. The summed E-state index contributed by atoms with van der Waals surface area (Å²) in [7, 11) is -1.15. The lowest BCUT2D eigenvalue weighted by atomic mass is 10.00. The SMILES string of the molecule is Cc1ccc([C@@H](C)NC(=O)c2ccc(CN(c3ccccc3F)S(=O)(=O)N(C)C)cc2)c(C)c1. The molecule has 3 aromatic carbocycles. The zero-order valence-electron chi connectivity index (χ0n) is 20.0. The van der Waals surface area contributed by atoms with E-state index in [9.17, 15) is 17.6 Å². The number of nitrogens with zero attached hydrogens (tertiary/aromatic N) is 2. The van der Waals surface area contributed by atoms with Crippen molar-refractivity contribution in [2.45, 2.75) is 33.4 Å². The van der Waals surface area contributed by atoms with Gasteiger partial charge < -0.3 is 5.32 Å². The highest BCUT2D eigenvalue weighted by molar-refractivity contribution is 7.90. The van der Waals surface area contributed by atoms with E-state index in [0.29, 0.717) is 11.1 Å². The third-order valence-electron chi connectivity index (χ3n) is 5.64. The van der Waals surface area contributed by atoms with Crippen LogP contribution in [0.1, 0.15) is 45.6 Å². The van der Waals surface area contributed by atoms with Crippen molar-refractivity contribution in [3.8, 4) is 0 Å². The molecule has 0 heterocycles. The van der Waals surface area contributed by atoms with Crippen LogP contribution in [0.4, 0.5) is 10.1 Å². The number of amides is 1. The molecule has 8 heteroatoms. The number of halogens is 1. The van der Waals surface area contributed by atoms with E-state index in [1.807, 2.05) is 32.9 Å². The van der Waals surface area contributed by atoms with E-state index in [1.54, 1.807) is 30.3 Å². The molecule has 0 spiro atoms. The Labute approximate surface area is 201 Å². The topological polar surface area (TPSA) is 69.7 Å². The van der Waals surface area contributed by atoms with Gasteiger partial charge in [-0.05, 0) is 61.7 Å². The van der Waals surface area contributed by atoms with E-state index in [4.69, 9.17) is 0 Å². The summed E-state index contributed by atoms with van der Waals surface area (Å²) in [5, 5.41) is 3.00. The van der Waals surface area contributed by atoms with Gasteiger partial charge in [0.25, 0.3) is 5.91 Å². The summed E-state index contributed by atoms with van der Waals surface area (Å²) in [5.41, 5.74) is 4.35. The summed E-state index contributed by atoms with van der Waals surface area (Å²) in [6.07, 6.45) is 0. The Morgan fingerprint density at radius 2 is 1.65 bits per heavy atom. The molecule has 3 rings (SSSR count). The highest BCUT2D eigenvalue weighted by atomic mass is 32.2. The lowest BCUT2D eigenvalue weighted by Crippen LogP contribution is -2.40. The molecule has 0 aliphatic heterocycles. The molecule has 0 aliphatic rings. The van der Waals surface area contributed by atoms with Crippen LogP contribution in [-0.2, 0) is 16.8 Å². The molecule has 6 nitrogen and oxygen atoms in total. The van der Waals surface area contributed by atoms with Gasteiger partial charge in [0.15, 0.2) is 0 Å². The van der Waals surface area contributed by atoms with Gasteiger partial charge in [0.05, 0.1) is 18.3 Å². The summed E-state index contributed by atoms with van der Waals surface area (Å²) < 4.78 is 42.3. The highest BCUT2D eigenvalue weighted by Crippen LogP contribution is 2.25. The quantitative estimate of drug-likeness (QED) is 0.503. The van der Waals surface area contributed by atoms with Crippen molar-refractivity contribution < 1.29 is 17.6 Å². The molecule has 0 radical (unpaired) electrons.